The van der Waals surface area contributed by atoms with Gasteiger partial charge in [0.05, 0.1) is 6.10 Å². The van der Waals surface area contributed by atoms with E-state index in [1.165, 1.54) is 0 Å². The number of aliphatic hydroxyl groups excluding tert-OH is 1. The van der Waals surface area contributed by atoms with Crippen molar-refractivity contribution in [1.82, 2.24) is 10.6 Å². The third kappa shape index (κ3) is 2.33. The normalized spacial score (nSPS) is 32.2. The average molecular weight is 238 g/mol. The van der Waals surface area contributed by atoms with Crippen LogP contribution in [0.5, 0.6) is 0 Å². The molecule has 0 aromatic rings. The van der Waals surface area contributed by atoms with Crippen LogP contribution in [-0.2, 0) is 4.79 Å². The quantitative estimate of drug-likeness (QED) is 0.658. The minimum Gasteiger partial charge on any atom is -0.391 e. The minimum absolute atomic E-state index is 0.173. The smallest absolute Gasteiger partial charge is 0.223 e. The maximum Gasteiger partial charge on any atom is 0.223 e. The van der Waals surface area contributed by atoms with Gasteiger partial charge >= 0.3 is 0 Å². The van der Waals surface area contributed by atoms with Crippen molar-refractivity contribution in [3.05, 3.63) is 0 Å². The lowest BCUT2D eigenvalue weighted by atomic mass is 9.92. The van der Waals surface area contributed by atoms with Gasteiger partial charge in [-0.15, -0.1) is 0 Å². The molecule has 1 aliphatic heterocycles. The van der Waals surface area contributed by atoms with Crippen LogP contribution in [0, 0.1) is 17.3 Å². The number of hydrogen-bond acceptors (Lipinski definition) is 3. The fourth-order valence-corrected chi connectivity index (χ4v) is 3.17. The predicted molar refractivity (Wildman–Crippen MR) is 64.4 cm³/mol. The minimum atomic E-state index is -0.318. The molecular formula is C13H22N2O2. The Morgan fingerprint density at radius 1 is 1.41 bits per heavy atom. The Bertz CT molecular complexity index is 309. The number of rotatable bonds is 4. The maximum atomic E-state index is 12.0. The summed E-state index contributed by atoms with van der Waals surface area (Å²) in [6.45, 7) is 2.55. The lowest BCUT2D eigenvalue weighted by molar-refractivity contribution is -0.123. The monoisotopic (exact) mass is 238 g/mol. The van der Waals surface area contributed by atoms with E-state index in [0.717, 1.165) is 45.2 Å². The SMILES string of the molecule is O=C(NCC(O)C1CC1)C1CC12CCNCC2. The van der Waals surface area contributed by atoms with Crippen LogP contribution in [-0.4, -0.2) is 36.8 Å². The Balaban J connectivity index is 1.44. The fourth-order valence-electron chi connectivity index (χ4n) is 3.17. The van der Waals surface area contributed by atoms with Crippen molar-refractivity contribution in [2.24, 2.45) is 17.3 Å². The van der Waals surface area contributed by atoms with Gasteiger partial charge in [-0.05, 0) is 56.5 Å². The second-order valence-electron chi connectivity index (χ2n) is 6.02. The molecule has 3 aliphatic rings. The summed E-state index contributed by atoms with van der Waals surface area (Å²) in [4.78, 5) is 12.0. The summed E-state index contributed by atoms with van der Waals surface area (Å²) in [6, 6.07) is 0. The molecule has 2 atom stereocenters. The molecule has 0 bridgehead atoms. The van der Waals surface area contributed by atoms with Gasteiger partial charge in [0.15, 0.2) is 0 Å². The van der Waals surface area contributed by atoms with Crippen LogP contribution in [0.15, 0.2) is 0 Å². The average Bonchev–Trinajstić information content (AvgIpc) is 3.22. The highest BCUT2D eigenvalue weighted by molar-refractivity contribution is 5.82. The van der Waals surface area contributed by atoms with Crippen molar-refractivity contribution in [2.45, 2.75) is 38.2 Å². The number of amides is 1. The van der Waals surface area contributed by atoms with E-state index in [1.807, 2.05) is 0 Å². The van der Waals surface area contributed by atoms with Crippen molar-refractivity contribution in [2.75, 3.05) is 19.6 Å². The molecule has 2 aliphatic carbocycles. The summed E-state index contributed by atoms with van der Waals surface area (Å²) in [5, 5.41) is 16.0. The molecule has 1 heterocycles. The molecule has 0 radical (unpaired) electrons. The first-order chi connectivity index (χ1) is 8.21. The number of carbonyl (C=O) groups is 1. The second kappa shape index (κ2) is 4.25. The van der Waals surface area contributed by atoms with Gasteiger partial charge in [-0.1, -0.05) is 0 Å². The van der Waals surface area contributed by atoms with Gasteiger partial charge in [0.1, 0.15) is 0 Å². The summed E-state index contributed by atoms with van der Waals surface area (Å²) in [7, 11) is 0. The van der Waals surface area contributed by atoms with Crippen LogP contribution in [0.25, 0.3) is 0 Å². The van der Waals surface area contributed by atoms with Crippen LogP contribution in [0.2, 0.25) is 0 Å². The van der Waals surface area contributed by atoms with Crippen molar-refractivity contribution in [1.29, 1.82) is 0 Å². The Morgan fingerprint density at radius 3 is 2.76 bits per heavy atom. The Hall–Kier alpha value is -0.610. The van der Waals surface area contributed by atoms with Crippen molar-refractivity contribution < 1.29 is 9.90 Å². The lowest BCUT2D eigenvalue weighted by Gasteiger charge is -2.23. The highest BCUT2D eigenvalue weighted by atomic mass is 16.3. The van der Waals surface area contributed by atoms with Crippen LogP contribution in [0.1, 0.15) is 32.1 Å². The molecular weight excluding hydrogens is 216 g/mol. The van der Waals surface area contributed by atoms with Crippen molar-refractivity contribution in [3.8, 4) is 0 Å². The molecule has 4 heteroatoms. The molecule has 1 spiro atoms. The van der Waals surface area contributed by atoms with Crippen LogP contribution >= 0.6 is 0 Å². The van der Waals surface area contributed by atoms with E-state index in [9.17, 15) is 9.90 Å². The maximum absolute atomic E-state index is 12.0. The number of carbonyl (C=O) groups excluding carboxylic acids is 1. The zero-order chi connectivity index (χ0) is 11.9. The van der Waals surface area contributed by atoms with Gasteiger partial charge in [0, 0.05) is 12.5 Å². The zero-order valence-electron chi connectivity index (χ0n) is 10.2. The number of nitrogens with one attached hydrogen (secondary N) is 2. The molecule has 0 aromatic heterocycles. The van der Waals surface area contributed by atoms with E-state index in [-0.39, 0.29) is 17.9 Å². The molecule has 3 fully saturated rings. The summed E-state index contributed by atoms with van der Waals surface area (Å²) in [5.74, 6) is 0.838. The standard InChI is InChI=1S/C13H22N2O2/c16-11(9-1-2-9)8-15-12(17)10-7-13(10)3-5-14-6-4-13/h9-11,14,16H,1-8H2,(H,15,17). The second-order valence-corrected chi connectivity index (χ2v) is 6.02. The highest BCUT2D eigenvalue weighted by Gasteiger charge is 2.57. The molecule has 3 rings (SSSR count). The molecule has 2 unspecified atom stereocenters. The molecule has 2 saturated carbocycles. The van der Waals surface area contributed by atoms with Crippen molar-refractivity contribution in [3.63, 3.8) is 0 Å². The molecule has 4 nitrogen and oxygen atoms in total. The molecule has 3 N–H and O–H groups in total. The van der Waals surface area contributed by atoms with Gasteiger partial charge in [-0.2, -0.15) is 0 Å². The Labute approximate surface area is 102 Å². The number of aliphatic hydroxyl groups is 1. The lowest BCUT2D eigenvalue weighted by Crippen LogP contribution is -2.37. The summed E-state index contributed by atoms with van der Waals surface area (Å²) in [5.41, 5.74) is 0.305. The Morgan fingerprint density at radius 2 is 2.12 bits per heavy atom. The largest absolute Gasteiger partial charge is 0.391 e. The predicted octanol–water partition coefficient (Wildman–Crippen LogP) is 0.263. The van der Waals surface area contributed by atoms with Gasteiger partial charge in [-0.3, -0.25) is 4.79 Å². The van der Waals surface area contributed by atoms with Crippen LogP contribution in [0.3, 0.4) is 0 Å². The van der Waals surface area contributed by atoms with E-state index < -0.39 is 0 Å². The molecule has 17 heavy (non-hydrogen) atoms. The third-order valence-electron chi connectivity index (χ3n) is 4.76. The topological polar surface area (TPSA) is 61.4 Å². The van der Waals surface area contributed by atoms with Crippen LogP contribution < -0.4 is 10.6 Å². The summed E-state index contributed by atoms with van der Waals surface area (Å²) in [6.07, 6.45) is 5.25. The van der Waals surface area contributed by atoms with Gasteiger partial charge in [0.25, 0.3) is 0 Å². The first-order valence-electron chi connectivity index (χ1n) is 6.88. The van der Waals surface area contributed by atoms with E-state index in [2.05, 4.69) is 10.6 Å². The first kappa shape index (κ1) is 11.5. The van der Waals surface area contributed by atoms with Gasteiger partial charge in [-0.25, -0.2) is 0 Å². The van der Waals surface area contributed by atoms with Gasteiger partial charge in [0.2, 0.25) is 5.91 Å². The van der Waals surface area contributed by atoms with Gasteiger partial charge < -0.3 is 15.7 Å². The molecule has 96 valence electrons. The van der Waals surface area contributed by atoms with E-state index in [0.29, 0.717) is 17.9 Å². The number of piperidine rings is 1. The third-order valence-corrected chi connectivity index (χ3v) is 4.76. The first-order valence-corrected chi connectivity index (χ1v) is 6.88. The fraction of sp³-hybridized carbons (Fsp3) is 0.923. The highest BCUT2D eigenvalue weighted by Crippen LogP contribution is 2.58. The molecule has 1 saturated heterocycles. The van der Waals surface area contributed by atoms with Crippen LogP contribution in [0.4, 0.5) is 0 Å². The number of hydrogen-bond donors (Lipinski definition) is 3. The Kier molecular flexibility index (Phi) is 2.87. The van der Waals surface area contributed by atoms with E-state index in [4.69, 9.17) is 0 Å². The summed E-state index contributed by atoms with van der Waals surface area (Å²) < 4.78 is 0. The molecule has 1 amide bonds. The van der Waals surface area contributed by atoms with E-state index >= 15 is 0 Å². The van der Waals surface area contributed by atoms with Crippen molar-refractivity contribution >= 4 is 5.91 Å². The van der Waals surface area contributed by atoms with E-state index in [1.54, 1.807) is 0 Å². The zero-order valence-corrected chi connectivity index (χ0v) is 10.2. The summed E-state index contributed by atoms with van der Waals surface area (Å²) >= 11 is 0. The molecule has 0 aromatic carbocycles.